The highest BCUT2D eigenvalue weighted by Gasteiger charge is 2.37. The van der Waals surface area contributed by atoms with Gasteiger partial charge in [0.15, 0.2) is 23.0 Å². The Morgan fingerprint density at radius 1 is 0.848 bits per heavy atom. The van der Waals surface area contributed by atoms with E-state index in [-0.39, 0.29) is 17.9 Å². The summed E-state index contributed by atoms with van der Waals surface area (Å²) in [7, 11) is 1.58. The smallest absolute Gasteiger partial charge is 0.335 e. The summed E-state index contributed by atoms with van der Waals surface area (Å²) in [5, 5.41) is 2.61. The lowest BCUT2D eigenvalue weighted by Crippen LogP contribution is -2.54. The quantitative estimate of drug-likeness (QED) is 0.126. The van der Waals surface area contributed by atoms with Crippen molar-refractivity contribution < 1.29 is 33.3 Å². The maximum atomic E-state index is 13.4. The Morgan fingerprint density at radius 3 is 2.33 bits per heavy atom. The molecule has 5 rings (SSSR count). The van der Waals surface area contributed by atoms with Crippen LogP contribution in [-0.2, 0) is 22.8 Å². The van der Waals surface area contributed by atoms with Gasteiger partial charge >= 0.3 is 6.03 Å². The Labute approximate surface area is 279 Å². The highest BCUT2D eigenvalue weighted by atomic mass is 79.9. The Kier molecular flexibility index (Phi) is 10.3. The lowest BCUT2D eigenvalue weighted by molar-refractivity contribution is -0.122. The minimum Gasteiger partial charge on any atom is -0.493 e. The van der Waals surface area contributed by atoms with Crippen molar-refractivity contribution in [3.63, 3.8) is 0 Å². The van der Waals surface area contributed by atoms with Crippen LogP contribution in [0.2, 0.25) is 5.02 Å². The molecule has 0 unspecified atom stereocenters. The molecule has 1 aliphatic heterocycles. The largest absolute Gasteiger partial charge is 0.493 e. The fraction of sp³-hybridized carbons (Fsp3) is 0.171. The lowest BCUT2D eigenvalue weighted by atomic mass is 10.1. The zero-order valence-electron chi connectivity index (χ0n) is 25.3. The third kappa shape index (κ3) is 7.35. The maximum Gasteiger partial charge on any atom is 0.335 e. The summed E-state index contributed by atoms with van der Waals surface area (Å²) in [6.45, 7) is 4.56. The monoisotopic (exact) mass is 704 g/mol. The number of halogens is 2. The zero-order chi connectivity index (χ0) is 32.8. The number of rotatable bonds is 11. The van der Waals surface area contributed by atoms with Crippen molar-refractivity contribution >= 4 is 57.1 Å². The van der Waals surface area contributed by atoms with Crippen LogP contribution in [0.5, 0.6) is 23.0 Å². The van der Waals surface area contributed by atoms with Crippen LogP contribution in [0.1, 0.15) is 29.2 Å². The van der Waals surface area contributed by atoms with Gasteiger partial charge in [-0.05, 0) is 94.5 Å². The Bertz CT molecular complexity index is 1830. The van der Waals surface area contributed by atoms with Crippen molar-refractivity contribution in [2.75, 3.05) is 18.6 Å². The summed E-state index contributed by atoms with van der Waals surface area (Å²) in [5.74, 6) is 0.394. The number of hydrogen-bond acceptors (Lipinski definition) is 7. The van der Waals surface area contributed by atoms with Crippen LogP contribution in [-0.4, -0.2) is 31.6 Å². The first-order chi connectivity index (χ1) is 22.2. The van der Waals surface area contributed by atoms with E-state index >= 15 is 0 Å². The average molecular weight is 706 g/mol. The lowest BCUT2D eigenvalue weighted by Gasteiger charge is -2.26. The molecule has 4 aromatic carbocycles. The number of nitrogens with zero attached hydrogens (tertiary/aromatic N) is 1. The second kappa shape index (κ2) is 14.5. The molecule has 0 radical (unpaired) electrons. The molecule has 236 valence electrons. The number of methoxy groups -OCH3 is 1. The molecule has 0 aromatic heterocycles. The molecule has 1 heterocycles. The van der Waals surface area contributed by atoms with Gasteiger partial charge in [0, 0.05) is 5.02 Å². The van der Waals surface area contributed by atoms with Gasteiger partial charge in [-0.1, -0.05) is 54.1 Å². The topological polar surface area (TPSA) is 103 Å². The fourth-order valence-electron chi connectivity index (χ4n) is 4.67. The molecule has 0 bridgehead atoms. The van der Waals surface area contributed by atoms with Crippen LogP contribution in [0.25, 0.3) is 6.08 Å². The number of hydrogen-bond donors (Lipinski definition) is 1. The molecule has 1 fully saturated rings. The first kappa shape index (κ1) is 32.6. The van der Waals surface area contributed by atoms with Gasteiger partial charge < -0.3 is 18.9 Å². The van der Waals surface area contributed by atoms with Crippen LogP contribution in [0, 0.1) is 6.92 Å². The summed E-state index contributed by atoms with van der Waals surface area (Å²) in [4.78, 5) is 39.7. The van der Waals surface area contributed by atoms with Crippen molar-refractivity contribution in [3.8, 4) is 23.0 Å². The molecule has 4 amide bonds. The normalized spacial score (nSPS) is 13.9. The number of barbiturate groups is 1. The van der Waals surface area contributed by atoms with E-state index in [2.05, 4.69) is 21.2 Å². The molecule has 1 saturated heterocycles. The molecule has 11 heteroatoms. The van der Waals surface area contributed by atoms with E-state index < -0.39 is 17.8 Å². The van der Waals surface area contributed by atoms with Gasteiger partial charge in [0.25, 0.3) is 11.8 Å². The number of urea groups is 1. The van der Waals surface area contributed by atoms with Crippen LogP contribution >= 0.6 is 27.5 Å². The second-order valence-electron chi connectivity index (χ2n) is 10.2. The minimum atomic E-state index is -0.862. The summed E-state index contributed by atoms with van der Waals surface area (Å²) < 4.78 is 24.1. The standard InChI is InChI=1S/C35H30BrClN2O7/c1-4-44-31-17-24(14-26-33(40)38-35(42)39(34(26)41)25-12-10-21(2)28(37)18-25)15-27(36)32(31)46-20-23-11-13-29(30(16-23)43-3)45-19-22-8-6-5-7-9-22/h5-18H,4,19-20H2,1-3H3,(H,38,40,42)/b26-14+. The van der Waals surface area contributed by atoms with Crippen LogP contribution < -0.4 is 29.2 Å². The summed E-state index contributed by atoms with van der Waals surface area (Å²) in [6.07, 6.45) is 1.39. The van der Waals surface area contributed by atoms with Crippen molar-refractivity contribution in [3.05, 3.63) is 116 Å². The molecule has 9 nitrogen and oxygen atoms in total. The number of carbonyl (C=O) groups is 3. The van der Waals surface area contributed by atoms with E-state index in [9.17, 15) is 14.4 Å². The molecule has 0 atom stereocenters. The number of aryl methyl sites for hydroxylation is 1. The summed E-state index contributed by atoms with van der Waals surface area (Å²) in [6, 6.07) is 22.7. The minimum absolute atomic E-state index is 0.186. The van der Waals surface area contributed by atoms with E-state index in [1.807, 2.05) is 55.5 Å². The van der Waals surface area contributed by atoms with Crippen LogP contribution in [0.4, 0.5) is 10.5 Å². The number of anilines is 1. The van der Waals surface area contributed by atoms with Gasteiger partial charge in [-0.25, -0.2) is 9.69 Å². The van der Waals surface area contributed by atoms with E-state index in [0.29, 0.717) is 51.3 Å². The van der Waals surface area contributed by atoms with E-state index in [0.717, 1.165) is 21.6 Å². The van der Waals surface area contributed by atoms with Gasteiger partial charge in [-0.3, -0.25) is 14.9 Å². The number of amides is 4. The van der Waals surface area contributed by atoms with Gasteiger partial charge in [0.1, 0.15) is 18.8 Å². The molecular formula is C35H30BrClN2O7. The third-order valence-electron chi connectivity index (χ3n) is 7.01. The number of benzene rings is 4. The molecule has 4 aromatic rings. The van der Waals surface area contributed by atoms with Gasteiger partial charge in [-0.15, -0.1) is 0 Å². The van der Waals surface area contributed by atoms with Crippen LogP contribution in [0.3, 0.4) is 0 Å². The molecule has 46 heavy (non-hydrogen) atoms. The molecule has 0 aliphatic carbocycles. The second-order valence-corrected chi connectivity index (χ2v) is 11.5. The number of carbonyl (C=O) groups excluding carboxylic acids is 3. The van der Waals surface area contributed by atoms with Gasteiger partial charge in [-0.2, -0.15) is 0 Å². The summed E-state index contributed by atoms with van der Waals surface area (Å²) >= 11 is 9.78. The van der Waals surface area contributed by atoms with Gasteiger partial charge in [0.05, 0.1) is 23.9 Å². The molecule has 0 spiro atoms. The predicted molar refractivity (Wildman–Crippen MR) is 179 cm³/mol. The number of imide groups is 2. The molecule has 1 N–H and O–H groups in total. The molecular weight excluding hydrogens is 676 g/mol. The summed E-state index contributed by atoms with van der Waals surface area (Å²) in [5.41, 5.74) is 3.13. The first-order valence-corrected chi connectivity index (χ1v) is 15.5. The number of ether oxygens (including phenoxy) is 4. The number of nitrogens with one attached hydrogen (secondary N) is 1. The van der Waals surface area contributed by atoms with E-state index in [1.165, 1.54) is 12.1 Å². The maximum absolute atomic E-state index is 13.4. The van der Waals surface area contributed by atoms with Crippen LogP contribution in [0.15, 0.2) is 88.9 Å². The predicted octanol–water partition coefficient (Wildman–Crippen LogP) is 7.64. The third-order valence-corrected chi connectivity index (χ3v) is 8.00. The van der Waals surface area contributed by atoms with Gasteiger partial charge in [0.2, 0.25) is 0 Å². The van der Waals surface area contributed by atoms with Crippen molar-refractivity contribution in [1.29, 1.82) is 0 Å². The highest BCUT2D eigenvalue weighted by molar-refractivity contribution is 9.10. The fourth-order valence-corrected chi connectivity index (χ4v) is 5.41. The van der Waals surface area contributed by atoms with Crippen molar-refractivity contribution in [1.82, 2.24) is 5.32 Å². The Balaban J connectivity index is 1.36. The SMILES string of the molecule is CCOc1cc(/C=C2\C(=O)NC(=O)N(c3ccc(C)c(Cl)c3)C2=O)cc(Br)c1OCc1ccc(OCc2ccccc2)c(OC)c1. The van der Waals surface area contributed by atoms with Crippen molar-refractivity contribution in [2.24, 2.45) is 0 Å². The van der Waals surface area contributed by atoms with E-state index in [4.69, 9.17) is 30.5 Å². The zero-order valence-corrected chi connectivity index (χ0v) is 27.6. The molecule has 1 aliphatic rings. The first-order valence-electron chi connectivity index (χ1n) is 14.3. The molecule has 0 saturated carbocycles. The Hall–Kier alpha value is -4.80. The highest BCUT2D eigenvalue weighted by Crippen LogP contribution is 2.39. The average Bonchev–Trinajstić information content (AvgIpc) is 3.04. The van der Waals surface area contributed by atoms with E-state index in [1.54, 1.807) is 38.3 Å². The Morgan fingerprint density at radius 2 is 1.61 bits per heavy atom. The van der Waals surface area contributed by atoms with Crippen molar-refractivity contribution in [2.45, 2.75) is 27.1 Å².